The summed E-state index contributed by atoms with van der Waals surface area (Å²) in [5.41, 5.74) is 11.0. The Morgan fingerprint density at radius 3 is 1.25 bits per heavy atom. The second-order valence-electron chi connectivity index (χ2n) is 21.8. The van der Waals surface area contributed by atoms with Crippen LogP contribution in [0.15, 0.2) is 72.8 Å². The van der Waals surface area contributed by atoms with Gasteiger partial charge in [0.05, 0.1) is 0 Å². The van der Waals surface area contributed by atoms with Gasteiger partial charge >= 0.3 is 363 Å². The first-order valence-electron chi connectivity index (χ1n) is 29.3. The molecule has 0 aliphatic carbocycles. The van der Waals surface area contributed by atoms with Crippen molar-refractivity contribution in [3.63, 3.8) is 0 Å². The number of aryl methyl sites for hydroxylation is 2. The molecule has 0 saturated heterocycles. The van der Waals surface area contributed by atoms with Crippen LogP contribution in [0.2, 0.25) is 0 Å². The summed E-state index contributed by atoms with van der Waals surface area (Å²) in [5, 5.41) is 5.86. The average Bonchev–Trinajstić information content (AvgIpc) is 4.18. The van der Waals surface area contributed by atoms with Gasteiger partial charge in [-0.05, 0) is 0 Å². The van der Waals surface area contributed by atoms with Crippen molar-refractivity contribution in [3.05, 3.63) is 93.9 Å². The molecule has 4 aromatic carbocycles. The van der Waals surface area contributed by atoms with Gasteiger partial charge in [-0.25, -0.2) is 0 Å². The van der Waals surface area contributed by atoms with Gasteiger partial charge < -0.3 is 0 Å². The van der Waals surface area contributed by atoms with E-state index in [0.29, 0.717) is 14.5 Å². The van der Waals surface area contributed by atoms with Gasteiger partial charge in [0, 0.05) is 0 Å². The van der Waals surface area contributed by atoms with Crippen molar-refractivity contribution < 1.29 is 0 Å². The molecule has 0 aliphatic heterocycles. The SMILES string of the molecule is CCCCCCCCC(CCCCCCCC)Cc1ccc2c(-c3ccc(-c4ccc(-c5ccc(C)[se]5)c5n[se]nc45)[se]3)c3cc(CC(CCCCCCCC)CCCCCCCC)ccc3c(C)c2c1. The van der Waals surface area contributed by atoms with Crippen molar-refractivity contribution in [3.8, 4) is 30.0 Å². The molecule has 7 rings (SSSR count). The third-order valence-electron chi connectivity index (χ3n) is 16.0. The normalized spacial score (nSPS) is 12.1. The molecule has 0 radical (unpaired) electrons. The van der Waals surface area contributed by atoms with Crippen LogP contribution in [0, 0.1) is 25.7 Å². The maximum absolute atomic E-state index is 5.13. The van der Waals surface area contributed by atoms with Crippen molar-refractivity contribution in [2.45, 2.75) is 234 Å². The van der Waals surface area contributed by atoms with E-state index in [9.17, 15) is 0 Å². The topological polar surface area (TPSA) is 25.8 Å². The number of fused-ring (bicyclic) bond motifs is 3. The van der Waals surface area contributed by atoms with Gasteiger partial charge in [-0.15, -0.1) is 0 Å². The maximum atomic E-state index is 5.13. The fourth-order valence-corrected chi connectivity index (χ4v) is 17.1. The molecule has 0 fully saturated rings. The Balaban J connectivity index is 1.24. The standard InChI is InChI=1S/C66H92N2Se3/c1-7-11-15-19-23-27-31-51(32-28-24-20-16-12-8-2)45-53-37-39-56-59(47-53)50(6)55-38-36-54(46-52(33-29-25-21-17-13-9-3)34-30-26-22-18-14-10-4)48-60(55)64(56)63-44-43-62(70-63)58-41-40-57(61-42-35-49(5)69-61)65-66(58)68-71-67-65/h35-44,47-48,51-52H,7-34,45-46H2,1-6H3. The number of rotatable bonds is 35. The molecule has 3 heterocycles. The number of nitrogens with zero attached hydrogens (tertiary/aromatic N) is 2. The number of aromatic nitrogens is 2. The van der Waals surface area contributed by atoms with E-state index in [1.807, 2.05) is 0 Å². The van der Waals surface area contributed by atoms with E-state index in [-0.39, 0.29) is 29.5 Å². The summed E-state index contributed by atoms with van der Waals surface area (Å²) in [7, 11) is 0. The first-order valence-corrected chi connectivity index (χ1v) is 34.3. The Morgan fingerprint density at radius 2 is 0.789 bits per heavy atom. The molecule has 0 atom stereocenters. The van der Waals surface area contributed by atoms with E-state index in [1.165, 1.54) is 254 Å². The van der Waals surface area contributed by atoms with Crippen LogP contribution in [0.4, 0.5) is 0 Å². The minimum atomic E-state index is -0.0774. The molecule has 384 valence electrons. The third-order valence-corrected chi connectivity index (χ3v) is 21.6. The van der Waals surface area contributed by atoms with Crippen LogP contribution in [-0.2, 0) is 12.8 Å². The van der Waals surface area contributed by atoms with E-state index in [1.54, 1.807) is 11.1 Å². The van der Waals surface area contributed by atoms with Crippen LogP contribution in [0.1, 0.15) is 229 Å². The van der Waals surface area contributed by atoms with Crippen LogP contribution in [0.5, 0.6) is 0 Å². The van der Waals surface area contributed by atoms with Crippen molar-refractivity contribution in [2.75, 3.05) is 0 Å². The number of hydrogen-bond acceptors (Lipinski definition) is 2. The molecule has 0 unspecified atom stereocenters. The van der Waals surface area contributed by atoms with Crippen LogP contribution >= 0.6 is 0 Å². The second-order valence-corrected chi connectivity index (χ2v) is 27.9. The Kier molecular flexibility index (Phi) is 24.4. The van der Waals surface area contributed by atoms with E-state index < -0.39 is 0 Å². The molecular formula is C66H92N2Se3. The third kappa shape index (κ3) is 16.5. The van der Waals surface area contributed by atoms with E-state index in [2.05, 4.69) is 114 Å². The molecule has 7 aromatic rings. The minimum absolute atomic E-state index is 0.0774. The van der Waals surface area contributed by atoms with Crippen LogP contribution in [0.25, 0.3) is 62.6 Å². The average molecular weight is 1150 g/mol. The zero-order valence-electron chi connectivity index (χ0n) is 45.4. The van der Waals surface area contributed by atoms with Gasteiger partial charge in [0.25, 0.3) is 0 Å². The first kappa shape index (κ1) is 56.3. The number of hydrogen-bond donors (Lipinski definition) is 0. The van der Waals surface area contributed by atoms with E-state index in [4.69, 9.17) is 7.96 Å². The predicted molar refractivity (Wildman–Crippen MR) is 318 cm³/mol. The van der Waals surface area contributed by atoms with E-state index >= 15 is 0 Å². The molecule has 0 amide bonds. The summed E-state index contributed by atoms with van der Waals surface area (Å²) in [4.78, 5) is 0. The second kappa shape index (κ2) is 30.8. The van der Waals surface area contributed by atoms with Gasteiger partial charge in [-0.2, -0.15) is 0 Å². The number of unbranched alkanes of at least 4 members (excludes halogenated alkanes) is 20. The molecule has 71 heavy (non-hydrogen) atoms. The first-order chi connectivity index (χ1) is 34.9. The fraction of sp³-hybridized carbons (Fsp3) is 0.576. The summed E-state index contributed by atoms with van der Waals surface area (Å²) >= 11 is 0.450. The van der Waals surface area contributed by atoms with Crippen molar-refractivity contribution >= 4 is 76.5 Å². The molecule has 3 aromatic heterocycles. The Bertz CT molecular complexity index is 2590. The Hall–Kier alpha value is -2.48. The fourth-order valence-electron chi connectivity index (χ4n) is 11.7. The molecule has 2 nitrogen and oxygen atoms in total. The quantitative estimate of drug-likeness (QED) is 0.0225. The van der Waals surface area contributed by atoms with Crippen molar-refractivity contribution in [1.29, 1.82) is 0 Å². The number of benzene rings is 4. The van der Waals surface area contributed by atoms with Crippen LogP contribution < -0.4 is 0 Å². The van der Waals surface area contributed by atoms with Crippen molar-refractivity contribution in [2.24, 2.45) is 11.8 Å². The summed E-state index contributed by atoms with van der Waals surface area (Å²) < 4.78 is 16.1. The molecular weight excluding hydrogens is 1060 g/mol. The van der Waals surface area contributed by atoms with Gasteiger partial charge in [0.1, 0.15) is 0 Å². The van der Waals surface area contributed by atoms with Gasteiger partial charge in [-0.3, -0.25) is 0 Å². The summed E-state index contributed by atoms with van der Waals surface area (Å²) in [5.74, 6) is 1.54. The van der Waals surface area contributed by atoms with Gasteiger partial charge in [-0.1, -0.05) is 91.9 Å². The van der Waals surface area contributed by atoms with Gasteiger partial charge in [0.15, 0.2) is 0 Å². The van der Waals surface area contributed by atoms with Crippen LogP contribution in [0.3, 0.4) is 0 Å². The zero-order chi connectivity index (χ0) is 49.6. The molecule has 0 saturated carbocycles. The Labute approximate surface area is 451 Å². The summed E-state index contributed by atoms with van der Waals surface area (Å²) in [6, 6.07) is 29.9. The molecule has 0 bridgehead atoms. The Morgan fingerprint density at radius 1 is 0.380 bits per heavy atom. The monoisotopic (exact) mass is 1150 g/mol. The van der Waals surface area contributed by atoms with Gasteiger partial charge in [0.2, 0.25) is 0 Å². The predicted octanol–water partition coefficient (Wildman–Crippen LogP) is 20.0. The summed E-state index contributed by atoms with van der Waals surface area (Å²) in [6.45, 7) is 14.1. The summed E-state index contributed by atoms with van der Waals surface area (Å²) in [6.07, 6.45) is 41.2. The molecule has 0 spiro atoms. The molecule has 0 aliphatic rings. The molecule has 0 N–H and O–H groups in total. The zero-order valence-corrected chi connectivity index (χ0v) is 50.6. The van der Waals surface area contributed by atoms with Crippen molar-refractivity contribution in [1.82, 2.24) is 7.96 Å². The molecule has 5 heteroatoms. The van der Waals surface area contributed by atoms with Crippen LogP contribution in [-0.4, -0.2) is 51.9 Å². The van der Waals surface area contributed by atoms with E-state index in [0.717, 1.165) is 22.9 Å².